The van der Waals surface area contributed by atoms with Crippen molar-refractivity contribution in [3.8, 4) is 0 Å². The largest absolute Gasteiger partial charge is 0.253 e. The zero-order chi connectivity index (χ0) is 14.6. The Morgan fingerprint density at radius 2 is 1.95 bits per heavy atom. The summed E-state index contributed by atoms with van der Waals surface area (Å²) >= 11 is 1.68. The number of hydrogen-bond donors (Lipinski definition) is 0. The van der Waals surface area contributed by atoms with Gasteiger partial charge in [-0.2, -0.15) is 11.8 Å². The minimum Gasteiger partial charge on any atom is -0.253 e. The maximum atomic E-state index is 11.1. The lowest BCUT2D eigenvalue weighted by atomic mass is 10.1. The molecule has 3 nitrogen and oxygen atoms in total. The van der Waals surface area contributed by atoms with Crippen LogP contribution in [0.1, 0.15) is 12.6 Å². The average Bonchev–Trinajstić information content (AvgIpc) is 2.37. The Bertz CT molecular complexity index is 683. The van der Waals surface area contributed by atoms with Gasteiger partial charge in [0.15, 0.2) is 0 Å². The molecule has 0 fully saturated rings. The number of nitrogens with zero attached hydrogens (tertiary/aromatic N) is 1. The van der Waals surface area contributed by atoms with Crippen molar-refractivity contribution < 1.29 is 8.42 Å². The molecule has 0 spiro atoms. The van der Waals surface area contributed by atoms with Crippen molar-refractivity contribution in [1.29, 1.82) is 0 Å². The second-order valence-corrected chi connectivity index (χ2v) is 8.82. The van der Waals surface area contributed by atoms with Crippen molar-refractivity contribution in [1.82, 2.24) is 4.98 Å². The van der Waals surface area contributed by atoms with Gasteiger partial charge in [0, 0.05) is 34.8 Å². The van der Waals surface area contributed by atoms with Gasteiger partial charge in [0.2, 0.25) is 0 Å². The first-order valence-electron chi connectivity index (χ1n) is 6.58. The van der Waals surface area contributed by atoms with Crippen LogP contribution in [0.25, 0.3) is 10.9 Å². The monoisotopic (exact) mass is 309 g/mol. The summed E-state index contributed by atoms with van der Waals surface area (Å²) in [5, 5.41) is 1.51. The Labute approximate surface area is 124 Å². The van der Waals surface area contributed by atoms with Crippen LogP contribution < -0.4 is 0 Å². The van der Waals surface area contributed by atoms with Crippen LogP contribution in [0, 0.1) is 0 Å². The molecule has 20 heavy (non-hydrogen) atoms. The number of benzene rings is 1. The van der Waals surface area contributed by atoms with Crippen molar-refractivity contribution in [2.75, 3.05) is 17.8 Å². The van der Waals surface area contributed by atoms with E-state index in [0.29, 0.717) is 11.0 Å². The molecule has 1 aromatic heterocycles. The van der Waals surface area contributed by atoms with E-state index in [0.717, 1.165) is 23.0 Å². The third-order valence-electron chi connectivity index (χ3n) is 3.01. The molecule has 1 aromatic carbocycles. The molecule has 0 radical (unpaired) electrons. The van der Waals surface area contributed by atoms with Crippen molar-refractivity contribution in [3.05, 3.63) is 42.1 Å². The molecule has 0 aliphatic carbocycles. The Morgan fingerprint density at radius 3 is 2.70 bits per heavy atom. The van der Waals surface area contributed by atoms with E-state index in [1.165, 1.54) is 6.26 Å². The lowest BCUT2D eigenvalue weighted by Gasteiger charge is -2.10. The van der Waals surface area contributed by atoms with Crippen molar-refractivity contribution >= 4 is 32.5 Å². The smallest absolute Gasteiger partial charge is 0.148 e. The van der Waals surface area contributed by atoms with Crippen LogP contribution in [0.15, 0.2) is 36.4 Å². The molecular weight excluding hydrogens is 290 g/mol. The number of hydrogen-bond acceptors (Lipinski definition) is 4. The number of para-hydroxylation sites is 1. The summed E-state index contributed by atoms with van der Waals surface area (Å²) in [7, 11) is -2.86. The van der Waals surface area contributed by atoms with Crippen LogP contribution in [0.5, 0.6) is 0 Å². The van der Waals surface area contributed by atoms with Gasteiger partial charge in [-0.3, -0.25) is 4.98 Å². The molecule has 0 aliphatic rings. The molecule has 0 aliphatic heterocycles. The third-order valence-corrected chi connectivity index (χ3v) is 5.39. The molecule has 0 N–H and O–H groups in total. The summed E-state index contributed by atoms with van der Waals surface area (Å²) in [5.41, 5.74) is 2.07. The number of thioether (sulfide) groups is 1. The minimum absolute atomic E-state index is 0.243. The predicted molar refractivity (Wildman–Crippen MR) is 87.1 cm³/mol. The van der Waals surface area contributed by atoms with E-state index in [4.69, 9.17) is 0 Å². The minimum atomic E-state index is -2.86. The highest BCUT2D eigenvalue weighted by Crippen LogP contribution is 2.18. The number of sulfone groups is 1. The lowest BCUT2D eigenvalue weighted by Crippen LogP contribution is -2.10. The van der Waals surface area contributed by atoms with Gasteiger partial charge in [-0.1, -0.05) is 31.2 Å². The molecule has 2 aromatic rings. The van der Waals surface area contributed by atoms with Gasteiger partial charge in [0.1, 0.15) is 9.84 Å². The normalized spacial score (nSPS) is 13.5. The van der Waals surface area contributed by atoms with Crippen molar-refractivity contribution in [2.24, 2.45) is 0 Å². The highest BCUT2D eigenvalue weighted by Gasteiger charge is 2.08. The molecule has 0 bridgehead atoms. The summed E-state index contributed by atoms with van der Waals surface area (Å²) < 4.78 is 22.2. The standard InChI is InChI=1S/C15H19NO2S2/c1-12(19-9-10-20(2,17)18)11-14-8-7-13-5-3-4-6-15(13)16-14/h3-8,12H,9-11H2,1-2H3/t12-/m0/s1. The second kappa shape index (κ2) is 6.59. The van der Waals surface area contributed by atoms with Crippen LogP contribution in [-0.4, -0.2) is 36.4 Å². The lowest BCUT2D eigenvalue weighted by molar-refractivity contribution is 0.603. The molecule has 0 saturated heterocycles. The fourth-order valence-corrected chi connectivity index (χ4v) is 4.26. The van der Waals surface area contributed by atoms with Crippen molar-refractivity contribution in [3.63, 3.8) is 0 Å². The van der Waals surface area contributed by atoms with Crippen LogP contribution >= 0.6 is 11.8 Å². The second-order valence-electron chi connectivity index (χ2n) is 5.01. The first kappa shape index (κ1) is 15.3. The summed E-state index contributed by atoms with van der Waals surface area (Å²) in [6.07, 6.45) is 2.14. The molecule has 0 unspecified atom stereocenters. The summed E-state index contributed by atoms with van der Waals surface area (Å²) in [6.45, 7) is 2.11. The number of rotatable bonds is 6. The van der Waals surface area contributed by atoms with Gasteiger partial charge < -0.3 is 0 Å². The topological polar surface area (TPSA) is 47.0 Å². The van der Waals surface area contributed by atoms with E-state index in [1.54, 1.807) is 11.8 Å². The Balaban J connectivity index is 1.94. The van der Waals surface area contributed by atoms with E-state index in [2.05, 4.69) is 30.1 Å². The van der Waals surface area contributed by atoms with Crippen LogP contribution in [-0.2, 0) is 16.3 Å². The molecular formula is C15H19NO2S2. The molecule has 1 atom stereocenters. The van der Waals surface area contributed by atoms with Gasteiger partial charge in [0.25, 0.3) is 0 Å². The maximum absolute atomic E-state index is 11.1. The summed E-state index contributed by atoms with van der Waals surface area (Å²) in [6, 6.07) is 12.2. The van der Waals surface area contributed by atoms with E-state index in [1.807, 2.05) is 18.2 Å². The summed E-state index contributed by atoms with van der Waals surface area (Å²) in [5.74, 6) is 0.890. The van der Waals surface area contributed by atoms with E-state index >= 15 is 0 Å². The summed E-state index contributed by atoms with van der Waals surface area (Å²) in [4.78, 5) is 4.64. The number of fused-ring (bicyclic) bond motifs is 1. The fourth-order valence-electron chi connectivity index (χ4n) is 1.98. The maximum Gasteiger partial charge on any atom is 0.148 e. The number of aromatic nitrogens is 1. The molecule has 1 heterocycles. The van der Waals surface area contributed by atoms with Gasteiger partial charge in [0.05, 0.1) is 11.3 Å². The molecule has 108 valence electrons. The number of pyridine rings is 1. The van der Waals surface area contributed by atoms with E-state index in [-0.39, 0.29) is 5.75 Å². The Morgan fingerprint density at radius 1 is 1.20 bits per heavy atom. The first-order chi connectivity index (χ1) is 9.44. The SMILES string of the molecule is C[C@@H](Cc1ccc2ccccc2n1)SCCS(C)(=O)=O. The highest BCUT2D eigenvalue weighted by atomic mass is 32.2. The van der Waals surface area contributed by atoms with Crippen LogP contribution in [0.4, 0.5) is 0 Å². The van der Waals surface area contributed by atoms with Crippen LogP contribution in [0.2, 0.25) is 0 Å². The van der Waals surface area contributed by atoms with Gasteiger partial charge in [-0.05, 0) is 12.1 Å². The Hall–Kier alpha value is -1.07. The van der Waals surface area contributed by atoms with Gasteiger partial charge in [-0.25, -0.2) is 8.42 Å². The van der Waals surface area contributed by atoms with E-state index < -0.39 is 9.84 Å². The molecule has 0 amide bonds. The predicted octanol–water partition coefficient (Wildman–Crippen LogP) is 2.94. The average molecular weight is 309 g/mol. The first-order valence-corrected chi connectivity index (χ1v) is 9.69. The fraction of sp³-hybridized carbons (Fsp3) is 0.400. The highest BCUT2D eigenvalue weighted by molar-refractivity contribution is 8.01. The quantitative estimate of drug-likeness (QED) is 0.823. The molecule has 0 saturated carbocycles. The Kier molecular flexibility index (Phi) is 5.05. The van der Waals surface area contributed by atoms with Crippen LogP contribution in [0.3, 0.4) is 0 Å². The zero-order valence-electron chi connectivity index (χ0n) is 11.7. The zero-order valence-corrected chi connectivity index (χ0v) is 13.4. The van der Waals surface area contributed by atoms with Gasteiger partial charge in [-0.15, -0.1) is 0 Å². The molecule has 2 rings (SSSR count). The molecule has 5 heteroatoms. The van der Waals surface area contributed by atoms with Gasteiger partial charge >= 0.3 is 0 Å². The van der Waals surface area contributed by atoms with Crippen molar-refractivity contribution in [2.45, 2.75) is 18.6 Å². The van der Waals surface area contributed by atoms with E-state index in [9.17, 15) is 8.42 Å². The third kappa shape index (κ3) is 4.80.